The average Bonchev–Trinajstić information content (AvgIpc) is 2.69. The third-order valence-electron chi connectivity index (χ3n) is 4.56. The van der Waals surface area contributed by atoms with Crippen molar-refractivity contribution >= 4 is 27.4 Å². The second-order valence-corrected chi connectivity index (χ2v) is 8.66. The lowest BCUT2D eigenvalue weighted by molar-refractivity contribution is 0.0901. The summed E-state index contributed by atoms with van der Waals surface area (Å²) >= 11 is 5.83. The van der Waals surface area contributed by atoms with Crippen molar-refractivity contribution in [1.29, 1.82) is 0 Å². The van der Waals surface area contributed by atoms with Gasteiger partial charge in [0, 0.05) is 36.8 Å². The van der Waals surface area contributed by atoms with Crippen molar-refractivity contribution in [1.82, 2.24) is 9.21 Å². The SMILES string of the molecule is COc1ccc(C(=O)CN2CCN(S(=O)(=O)c3ccc(Cl)cc3)CC2)cc1. The lowest BCUT2D eigenvalue weighted by Gasteiger charge is -2.33. The molecule has 0 aliphatic carbocycles. The molecule has 1 aliphatic heterocycles. The fourth-order valence-corrected chi connectivity index (χ4v) is 4.50. The Morgan fingerprint density at radius 1 is 1.00 bits per heavy atom. The van der Waals surface area contributed by atoms with E-state index in [1.165, 1.54) is 16.4 Å². The summed E-state index contributed by atoms with van der Waals surface area (Å²) in [4.78, 5) is 14.6. The third-order valence-corrected chi connectivity index (χ3v) is 6.73. The molecule has 0 bridgehead atoms. The van der Waals surface area contributed by atoms with Crippen LogP contribution in [0.1, 0.15) is 10.4 Å². The van der Waals surface area contributed by atoms with Gasteiger partial charge in [-0.15, -0.1) is 0 Å². The zero-order chi connectivity index (χ0) is 19.4. The zero-order valence-corrected chi connectivity index (χ0v) is 16.5. The van der Waals surface area contributed by atoms with E-state index in [4.69, 9.17) is 16.3 Å². The first-order valence-electron chi connectivity index (χ1n) is 8.55. The maximum atomic E-state index is 12.7. The number of benzene rings is 2. The summed E-state index contributed by atoms with van der Waals surface area (Å²) in [5.74, 6) is 0.708. The fourth-order valence-electron chi connectivity index (χ4n) is 2.95. The van der Waals surface area contributed by atoms with Crippen molar-refractivity contribution in [3.63, 3.8) is 0 Å². The van der Waals surface area contributed by atoms with Crippen LogP contribution in [0, 0.1) is 0 Å². The van der Waals surface area contributed by atoms with E-state index in [-0.39, 0.29) is 17.2 Å². The van der Waals surface area contributed by atoms with Crippen molar-refractivity contribution in [3.05, 3.63) is 59.1 Å². The van der Waals surface area contributed by atoms with Gasteiger partial charge in [-0.1, -0.05) is 11.6 Å². The van der Waals surface area contributed by atoms with Crippen LogP contribution in [0.3, 0.4) is 0 Å². The molecule has 1 saturated heterocycles. The molecule has 1 aliphatic rings. The number of Topliss-reactive ketones (excluding diaryl/α,β-unsaturated/α-hetero) is 1. The minimum Gasteiger partial charge on any atom is -0.497 e. The smallest absolute Gasteiger partial charge is 0.243 e. The standard InChI is InChI=1S/C19H21ClN2O4S/c1-26-17-6-2-15(3-7-17)19(23)14-21-10-12-22(13-11-21)27(24,25)18-8-4-16(20)5-9-18/h2-9H,10-14H2,1H3. The topological polar surface area (TPSA) is 66.9 Å². The first-order chi connectivity index (χ1) is 12.9. The highest BCUT2D eigenvalue weighted by Crippen LogP contribution is 2.20. The Labute approximate surface area is 164 Å². The van der Waals surface area contributed by atoms with Crippen molar-refractivity contribution in [2.45, 2.75) is 4.90 Å². The van der Waals surface area contributed by atoms with Crippen LogP contribution in [-0.4, -0.2) is 63.2 Å². The van der Waals surface area contributed by atoms with Crippen LogP contribution in [-0.2, 0) is 10.0 Å². The van der Waals surface area contributed by atoms with Gasteiger partial charge in [-0.2, -0.15) is 4.31 Å². The van der Waals surface area contributed by atoms with Crippen molar-refractivity contribution in [2.75, 3.05) is 39.8 Å². The summed E-state index contributed by atoms with van der Waals surface area (Å²) in [6.45, 7) is 1.98. The van der Waals surface area contributed by atoms with E-state index in [1.807, 2.05) is 4.90 Å². The Hall–Kier alpha value is -1.93. The molecule has 1 fully saturated rings. The number of methoxy groups -OCH3 is 1. The van der Waals surface area contributed by atoms with Crippen molar-refractivity contribution in [3.8, 4) is 5.75 Å². The predicted octanol–water partition coefficient (Wildman–Crippen LogP) is 2.54. The number of nitrogens with zero attached hydrogens (tertiary/aromatic N) is 2. The highest BCUT2D eigenvalue weighted by atomic mass is 35.5. The van der Waals surface area contributed by atoms with E-state index in [0.717, 1.165) is 0 Å². The van der Waals surface area contributed by atoms with Crippen LogP contribution in [0.2, 0.25) is 5.02 Å². The van der Waals surface area contributed by atoms with E-state index in [9.17, 15) is 13.2 Å². The highest BCUT2D eigenvalue weighted by Gasteiger charge is 2.29. The molecule has 27 heavy (non-hydrogen) atoms. The van der Waals surface area contributed by atoms with Gasteiger partial charge < -0.3 is 4.74 Å². The van der Waals surface area contributed by atoms with Crippen LogP contribution in [0.5, 0.6) is 5.75 Å². The van der Waals surface area contributed by atoms with Gasteiger partial charge in [0.1, 0.15) is 5.75 Å². The molecule has 144 valence electrons. The molecule has 2 aromatic carbocycles. The maximum Gasteiger partial charge on any atom is 0.243 e. The molecule has 0 amide bonds. The first kappa shape index (κ1) is 19.8. The molecule has 0 spiro atoms. The molecular weight excluding hydrogens is 388 g/mol. The van der Waals surface area contributed by atoms with Gasteiger partial charge in [-0.3, -0.25) is 9.69 Å². The summed E-state index contributed by atoms with van der Waals surface area (Å²) < 4.78 is 31.9. The summed E-state index contributed by atoms with van der Waals surface area (Å²) in [6.07, 6.45) is 0. The Morgan fingerprint density at radius 2 is 1.59 bits per heavy atom. The maximum absolute atomic E-state index is 12.7. The monoisotopic (exact) mass is 408 g/mol. The molecule has 0 unspecified atom stereocenters. The van der Waals surface area contributed by atoms with Crippen molar-refractivity contribution < 1.29 is 17.9 Å². The number of ketones is 1. The van der Waals surface area contributed by atoms with Crippen LogP contribution in [0.15, 0.2) is 53.4 Å². The Kier molecular flexibility index (Phi) is 6.16. The number of rotatable bonds is 6. The minimum atomic E-state index is -3.54. The minimum absolute atomic E-state index is 0.00617. The van der Waals surface area contributed by atoms with E-state index in [0.29, 0.717) is 42.5 Å². The number of hydrogen-bond acceptors (Lipinski definition) is 5. The summed E-state index contributed by atoms with van der Waals surface area (Å²) in [5, 5.41) is 0.496. The van der Waals surface area contributed by atoms with Gasteiger partial charge >= 0.3 is 0 Å². The molecule has 0 radical (unpaired) electrons. The molecule has 2 aromatic rings. The molecule has 0 aromatic heterocycles. The van der Waals surface area contributed by atoms with Gasteiger partial charge in [0.15, 0.2) is 5.78 Å². The average molecular weight is 409 g/mol. The van der Waals surface area contributed by atoms with Crippen LogP contribution < -0.4 is 4.74 Å². The lowest BCUT2D eigenvalue weighted by atomic mass is 10.1. The first-order valence-corrected chi connectivity index (χ1v) is 10.4. The molecule has 8 heteroatoms. The summed E-state index contributed by atoms with van der Waals surface area (Å²) in [7, 11) is -1.96. The van der Waals surface area contributed by atoms with Crippen LogP contribution in [0.4, 0.5) is 0 Å². The zero-order valence-electron chi connectivity index (χ0n) is 15.0. The number of piperazine rings is 1. The molecule has 6 nitrogen and oxygen atoms in total. The van der Waals surface area contributed by atoms with Crippen LogP contribution in [0.25, 0.3) is 0 Å². The number of carbonyl (C=O) groups is 1. The third kappa shape index (κ3) is 4.68. The normalized spacial score (nSPS) is 16.2. The van der Waals surface area contributed by atoms with E-state index >= 15 is 0 Å². The van der Waals surface area contributed by atoms with E-state index < -0.39 is 10.0 Å². The number of ether oxygens (including phenoxy) is 1. The Balaban J connectivity index is 1.58. The second kappa shape index (κ2) is 8.39. The molecule has 0 N–H and O–H groups in total. The Bertz CT molecular complexity index is 890. The largest absolute Gasteiger partial charge is 0.497 e. The molecule has 0 saturated carbocycles. The number of halogens is 1. The number of sulfonamides is 1. The number of carbonyl (C=O) groups excluding carboxylic acids is 1. The van der Waals surface area contributed by atoms with Crippen molar-refractivity contribution in [2.24, 2.45) is 0 Å². The molecule has 1 heterocycles. The highest BCUT2D eigenvalue weighted by molar-refractivity contribution is 7.89. The van der Waals surface area contributed by atoms with Gasteiger partial charge in [-0.25, -0.2) is 8.42 Å². The Morgan fingerprint density at radius 3 is 2.15 bits per heavy atom. The summed E-state index contributed by atoms with van der Waals surface area (Å²) in [6, 6.07) is 13.1. The molecular formula is C19H21ClN2O4S. The van der Waals surface area contributed by atoms with E-state index in [2.05, 4.69) is 0 Å². The van der Waals surface area contributed by atoms with Crippen LogP contribution >= 0.6 is 11.6 Å². The quantitative estimate of drug-likeness (QED) is 0.687. The van der Waals surface area contributed by atoms with Gasteiger partial charge in [0.25, 0.3) is 0 Å². The lowest BCUT2D eigenvalue weighted by Crippen LogP contribution is -2.49. The second-order valence-electron chi connectivity index (χ2n) is 6.29. The van der Waals surface area contributed by atoms with Gasteiger partial charge in [0.2, 0.25) is 10.0 Å². The molecule has 0 atom stereocenters. The van der Waals surface area contributed by atoms with Gasteiger partial charge in [0.05, 0.1) is 18.6 Å². The molecule has 3 rings (SSSR count). The predicted molar refractivity (Wildman–Crippen MR) is 104 cm³/mol. The fraction of sp³-hybridized carbons (Fsp3) is 0.316. The van der Waals surface area contributed by atoms with Gasteiger partial charge in [-0.05, 0) is 48.5 Å². The summed E-state index contributed by atoms with van der Waals surface area (Å²) in [5.41, 5.74) is 0.618. The number of hydrogen-bond donors (Lipinski definition) is 0. The van der Waals surface area contributed by atoms with E-state index in [1.54, 1.807) is 43.5 Å².